The van der Waals surface area contributed by atoms with Gasteiger partial charge in [0.15, 0.2) is 5.16 Å². The van der Waals surface area contributed by atoms with E-state index in [1.54, 1.807) is 24.3 Å². The number of amides is 1. The van der Waals surface area contributed by atoms with E-state index in [1.807, 2.05) is 6.92 Å². The van der Waals surface area contributed by atoms with Crippen molar-refractivity contribution in [2.24, 2.45) is 0 Å². The number of hydrogen-bond donors (Lipinski definition) is 2. The van der Waals surface area contributed by atoms with Gasteiger partial charge < -0.3 is 10.3 Å². The van der Waals surface area contributed by atoms with Gasteiger partial charge in [-0.25, -0.2) is 9.37 Å². The Labute approximate surface area is 190 Å². The fourth-order valence-corrected chi connectivity index (χ4v) is 4.38. The fraction of sp³-hybridized carbons (Fsp3) is 0.0952. The Balaban J connectivity index is 1.66. The lowest BCUT2D eigenvalue weighted by atomic mass is 10.3. The topological polar surface area (TPSA) is 79.8 Å². The van der Waals surface area contributed by atoms with E-state index in [4.69, 9.17) is 23.2 Å². The van der Waals surface area contributed by atoms with Gasteiger partial charge in [-0.1, -0.05) is 35.0 Å². The van der Waals surface area contributed by atoms with Crippen molar-refractivity contribution in [2.45, 2.75) is 12.1 Å². The predicted octanol–water partition coefficient (Wildman–Crippen LogP) is 5.20. The smallest absolute Gasteiger partial charge is 0.283 e. The highest BCUT2D eigenvalue weighted by atomic mass is 35.5. The van der Waals surface area contributed by atoms with Crippen LogP contribution in [0.5, 0.6) is 0 Å². The van der Waals surface area contributed by atoms with Crippen molar-refractivity contribution in [3.05, 3.63) is 80.4 Å². The number of nitrogens with one attached hydrogen (secondary N) is 2. The third kappa shape index (κ3) is 4.76. The van der Waals surface area contributed by atoms with Crippen LogP contribution < -0.4 is 10.9 Å². The zero-order valence-corrected chi connectivity index (χ0v) is 18.4. The van der Waals surface area contributed by atoms with E-state index in [0.717, 1.165) is 17.5 Å². The number of carbonyl (C=O) groups excluding carboxylic acids is 1. The Bertz CT molecular complexity index is 1330. The number of fused-ring (bicyclic) bond motifs is 1. The summed E-state index contributed by atoms with van der Waals surface area (Å²) in [5.41, 5.74) is 2.17. The van der Waals surface area contributed by atoms with Crippen LogP contribution in [-0.4, -0.2) is 26.2 Å². The molecule has 2 aromatic heterocycles. The van der Waals surface area contributed by atoms with E-state index >= 15 is 0 Å². The number of anilines is 1. The zero-order valence-electron chi connectivity index (χ0n) is 16.1. The van der Waals surface area contributed by atoms with Gasteiger partial charge in [0.05, 0.1) is 17.0 Å². The Morgan fingerprint density at radius 3 is 2.52 bits per heavy atom. The molecular formula is C21H15Cl2FN4O2S. The van der Waals surface area contributed by atoms with E-state index in [2.05, 4.69) is 15.3 Å². The molecule has 10 heteroatoms. The normalized spacial score (nSPS) is 11.1. The van der Waals surface area contributed by atoms with Crippen LogP contribution in [0.1, 0.15) is 5.69 Å². The van der Waals surface area contributed by atoms with Crippen molar-refractivity contribution in [1.82, 2.24) is 14.5 Å². The number of H-pyrrole nitrogens is 1. The molecule has 4 aromatic rings. The lowest BCUT2D eigenvalue weighted by Gasteiger charge is -2.12. The molecule has 0 aliphatic rings. The van der Waals surface area contributed by atoms with Crippen LogP contribution in [0.15, 0.2) is 58.5 Å². The van der Waals surface area contributed by atoms with Crippen LogP contribution in [0, 0.1) is 12.7 Å². The highest BCUT2D eigenvalue weighted by Gasteiger charge is 2.16. The third-order valence-electron chi connectivity index (χ3n) is 4.32. The quantitative estimate of drug-likeness (QED) is 0.306. The highest BCUT2D eigenvalue weighted by molar-refractivity contribution is 7.99. The summed E-state index contributed by atoms with van der Waals surface area (Å²) in [6.07, 6.45) is 0. The van der Waals surface area contributed by atoms with E-state index in [9.17, 15) is 14.0 Å². The second-order valence-corrected chi connectivity index (χ2v) is 8.53. The summed E-state index contributed by atoms with van der Waals surface area (Å²) in [6, 6.07) is 12.0. The number of aromatic amines is 1. The molecule has 0 atom stereocenters. The summed E-state index contributed by atoms with van der Waals surface area (Å²) < 4.78 is 14.7. The average molecular weight is 477 g/mol. The number of benzene rings is 2. The van der Waals surface area contributed by atoms with Crippen molar-refractivity contribution < 1.29 is 9.18 Å². The van der Waals surface area contributed by atoms with Crippen LogP contribution in [0.3, 0.4) is 0 Å². The van der Waals surface area contributed by atoms with E-state index in [0.29, 0.717) is 37.6 Å². The number of rotatable bonds is 5. The Hall–Kier alpha value is -2.81. The summed E-state index contributed by atoms with van der Waals surface area (Å²) >= 11 is 13.0. The minimum Gasteiger partial charge on any atom is -0.353 e. The van der Waals surface area contributed by atoms with Gasteiger partial charge in [0.1, 0.15) is 11.3 Å². The molecule has 0 spiro atoms. The van der Waals surface area contributed by atoms with Crippen LogP contribution >= 0.6 is 35.0 Å². The first kappa shape index (κ1) is 21.4. The second kappa shape index (κ2) is 8.74. The lowest BCUT2D eigenvalue weighted by Crippen LogP contribution is -2.23. The molecule has 0 unspecified atom stereocenters. The van der Waals surface area contributed by atoms with Crippen molar-refractivity contribution >= 4 is 57.6 Å². The van der Waals surface area contributed by atoms with E-state index < -0.39 is 5.82 Å². The van der Waals surface area contributed by atoms with Gasteiger partial charge in [-0.05, 0) is 55.5 Å². The van der Waals surface area contributed by atoms with Gasteiger partial charge in [0.2, 0.25) is 5.91 Å². The zero-order chi connectivity index (χ0) is 22.1. The molecule has 31 heavy (non-hydrogen) atoms. The molecule has 2 N–H and O–H groups in total. The summed E-state index contributed by atoms with van der Waals surface area (Å²) in [4.78, 5) is 33.1. The van der Waals surface area contributed by atoms with Crippen molar-refractivity contribution in [3.8, 4) is 5.69 Å². The third-order valence-corrected chi connectivity index (χ3v) is 5.69. The first-order chi connectivity index (χ1) is 14.8. The second-order valence-electron chi connectivity index (χ2n) is 6.72. The van der Waals surface area contributed by atoms with Crippen molar-refractivity contribution in [3.63, 3.8) is 0 Å². The summed E-state index contributed by atoms with van der Waals surface area (Å²) in [6.45, 7) is 1.82. The van der Waals surface area contributed by atoms with Crippen LogP contribution in [0.25, 0.3) is 16.7 Å². The van der Waals surface area contributed by atoms with Crippen LogP contribution in [0.2, 0.25) is 10.0 Å². The standard InChI is InChI=1S/C21H15Cl2FN4O2S/c1-11-6-17-19(25-11)20(30)28(16-4-2-14(24)3-5-16)21(27-17)31-10-18(29)26-15-8-12(22)7-13(23)9-15/h2-9,25H,10H2,1H3,(H,26,29). The predicted molar refractivity (Wildman–Crippen MR) is 122 cm³/mol. The molecule has 2 aromatic carbocycles. The first-order valence-electron chi connectivity index (χ1n) is 9.07. The van der Waals surface area contributed by atoms with Gasteiger partial charge in [0.25, 0.3) is 5.56 Å². The van der Waals surface area contributed by atoms with Gasteiger partial charge in [0, 0.05) is 21.4 Å². The Morgan fingerprint density at radius 1 is 1.16 bits per heavy atom. The summed E-state index contributed by atoms with van der Waals surface area (Å²) in [5.74, 6) is -0.768. The van der Waals surface area contributed by atoms with Gasteiger partial charge in [-0.15, -0.1) is 0 Å². The number of hydrogen-bond acceptors (Lipinski definition) is 4. The molecule has 0 radical (unpaired) electrons. The maximum Gasteiger partial charge on any atom is 0.283 e. The molecule has 0 fully saturated rings. The van der Waals surface area contributed by atoms with Crippen molar-refractivity contribution in [1.29, 1.82) is 0 Å². The minimum absolute atomic E-state index is 0.0212. The minimum atomic E-state index is -0.421. The van der Waals surface area contributed by atoms with Crippen molar-refractivity contribution in [2.75, 3.05) is 11.1 Å². The maximum atomic E-state index is 13.4. The maximum absolute atomic E-state index is 13.4. The fourth-order valence-electron chi connectivity index (χ4n) is 3.05. The molecule has 0 bridgehead atoms. The molecule has 0 aliphatic heterocycles. The lowest BCUT2D eigenvalue weighted by molar-refractivity contribution is -0.113. The number of aryl methyl sites for hydroxylation is 1. The molecule has 0 saturated carbocycles. The van der Waals surface area contributed by atoms with E-state index in [1.165, 1.54) is 28.8 Å². The Kier molecular flexibility index (Phi) is 6.04. The average Bonchev–Trinajstić information content (AvgIpc) is 3.07. The first-order valence-corrected chi connectivity index (χ1v) is 10.8. The highest BCUT2D eigenvalue weighted by Crippen LogP contribution is 2.24. The monoisotopic (exact) mass is 476 g/mol. The molecule has 2 heterocycles. The Morgan fingerprint density at radius 2 is 1.84 bits per heavy atom. The molecule has 0 aliphatic carbocycles. The molecular weight excluding hydrogens is 462 g/mol. The van der Waals surface area contributed by atoms with Gasteiger partial charge in [-0.3, -0.25) is 14.2 Å². The van der Waals surface area contributed by atoms with Crippen LogP contribution in [0.4, 0.5) is 10.1 Å². The molecule has 0 saturated heterocycles. The number of halogens is 3. The number of carbonyl (C=O) groups is 1. The molecule has 4 rings (SSSR count). The molecule has 158 valence electrons. The number of aromatic nitrogens is 3. The number of thioether (sulfide) groups is 1. The van der Waals surface area contributed by atoms with Gasteiger partial charge >= 0.3 is 0 Å². The number of nitrogens with zero attached hydrogens (tertiary/aromatic N) is 2. The molecule has 1 amide bonds. The molecule has 6 nitrogen and oxygen atoms in total. The van der Waals surface area contributed by atoms with Crippen LogP contribution in [-0.2, 0) is 4.79 Å². The SMILES string of the molecule is Cc1cc2nc(SCC(=O)Nc3cc(Cl)cc(Cl)c3)n(-c3ccc(F)cc3)c(=O)c2[nH]1. The van der Waals surface area contributed by atoms with Gasteiger partial charge in [-0.2, -0.15) is 0 Å². The summed E-state index contributed by atoms with van der Waals surface area (Å²) in [5, 5.41) is 3.82. The summed E-state index contributed by atoms with van der Waals surface area (Å²) in [7, 11) is 0. The van der Waals surface area contributed by atoms with E-state index in [-0.39, 0.29) is 17.2 Å². The largest absolute Gasteiger partial charge is 0.353 e.